The number of alkyl halides is 1. The first-order valence-electron chi connectivity index (χ1n) is 6.60. The van der Waals surface area contributed by atoms with Crippen molar-refractivity contribution in [1.29, 1.82) is 0 Å². The van der Waals surface area contributed by atoms with E-state index in [9.17, 15) is 8.42 Å². The van der Waals surface area contributed by atoms with Gasteiger partial charge in [-0.25, -0.2) is 8.42 Å². The Morgan fingerprint density at radius 3 is 2.05 bits per heavy atom. The third-order valence-electron chi connectivity index (χ3n) is 3.22. The molecule has 1 unspecified atom stereocenters. The van der Waals surface area contributed by atoms with E-state index >= 15 is 0 Å². The van der Waals surface area contributed by atoms with Crippen molar-refractivity contribution >= 4 is 21.6 Å². The third kappa shape index (κ3) is 3.64. The summed E-state index contributed by atoms with van der Waals surface area (Å²) in [6.07, 6.45) is 0. The molecule has 5 heteroatoms. The van der Waals surface area contributed by atoms with Crippen LogP contribution in [0.5, 0.6) is 0 Å². The Morgan fingerprint density at radius 2 is 1.52 bits per heavy atom. The fraction of sp³-hybridized carbons (Fsp3) is 0.250. The fourth-order valence-electron chi connectivity index (χ4n) is 2.48. The minimum atomic E-state index is -3.67. The van der Waals surface area contributed by atoms with Crippen LogP contribution in [0.2, 0.25) is 0 Å². The van der Waals surface area contributed by atoms with Crippen LogP contribution in [0.4, 0.5) is 0 Å². The molecule has 0 bridgehead atoms. The molecule has 0 fully saturated rings. The molecule has 3 nitrogen and oxygen atoms in total. The lowest BCUT2D eigenvalue weighted by atomic mass is 10.1. The van der Waals surface area contributed by atoms with Crippen molar-refractivity contribution in [2.24, 2.45) is 0 Å². The second-order valence-electron chi connectivity index (χ2n) is 5.12. The highest BCUT2D eigenvalue weighted by Crippen LogP contribution is 2.25. The van der Waals surface area contributed by atoms with Crippen molar-refractivity contribution in [2.75, 3.05) is 0 Å². The van der Waals surface area contributed by atoms with E-state index in [1.165, 1.54) is 0 Å². The first kappa shape index (κ1) is 16.0. The Labute approximate surface area is 131 Å². The van der Waals surface area contributed by atoms with Crippen LogP contribution in [0.3, 0.4) is 0 Å². The lowest BCUT2D eigenvalue weighted by Gasteiger charge is -2.16. The summed E-state index contributed by atoms with van der Waals surface area (Å²) in [7, 11) is -3.67. The number of rotatable bonds is 4. The van der Waals surface area contributed by atoms with E-state index in [1.54, 1.807) is 26.0 Å². The van der Waals surface area contributed by atoms with Gasteiger partial charge in [-0.2, -0.15) is 4.72 Å². The molecule has 0 aromatic heterocycles. The Bertz CT molecular complexity index is 719. The van der Waals surface area contributed by atoms with Gasteiger partial charge < -0.3 is 0 Å². The monoisotopic (exact) mass is 323 g/mol. The molecule has 2 aromatic rings. The van der Waals surface area contributed by atoms with Gasteiger partial charge in [0.05, 0.1) is 4.90 Å². The lowest BCUT2D eigenvalue weighted by molar-refractivity contribution is 0.578. The first-order chi connectivity index (χ1) is 9.81. The Hall–Kier alpha value is -1.36. The second-order valence-corrected chi connectivity index (χ2v) is 7.21. The summed E-state index contributed by atoms with van der Waals surface area (Å²) in [5.74, 6) is 0. The summed E-state index contributed by atoms with van der Waals surface area (Å²) >= 11 is 6.19. The molecule has 0 radical (unpaired) electrons. The molecular formula is C16H18ClNO2S. The summed E-state index contributed by atoms with van der Waals surface area (Å²) in [5, 5.41) is 0. The number of hydrogen-bond donors (Lipinski definition) is 1. The first-order valence-corrected chi connectivity index (χ1v) is 8.52. The maximum Gasteiger partial charge on any atom is 0.242 e. The van der Waals surface area contributed by atoms with Crippen LogP contribution in [-0.2, 0) is 10.0 Å². The van der Waals surface area contributed by atoms with Crippen molar-refractivity contribution in [3.63, 3.8) is 0 Å². The van der Waals surface area contributed by atoms with Gasteiger partial charge in [-0.1, -0.05) is 59.6 Å². The minimum Gasteiger partial charge on any atom is -0.207 e. The molecule has 0 aliphatic rings. The predicted octanol–water partition coefficient (Wildman–Crippen LogP) is 3.83. The van der Waals surface area contributed by atoms with E-state index in [4.69, 9.17) is 11.6 Å². The van der Waals surface area contributed by atoms with Gasteiger partial charge in [0.15, 0.2) is 0 Å². The van der Waals surface area contributed by atoms with Crippen LogP contribution in [0, 0.1) is 20.8 Å². The average Bonchev–Trinajstić information content (AvgIpc) is 2.37. The summed E-state index contributed by atoms with van der Waals surface area (Å²) < 4.78 is 27.7. The highest BCUT2D eigenvalue weighted by Gasteiger charge is 2.23. The Balaban J connectivity index is 2.36. The van der Waals surface area contributed by atoms with E-state index in [0.29, 0.717) is 10.5 Å². The number of hydrogen-bond acceptors (Lipinski definition) is 2. The van der Waals surface area contributed by atoms with Gasteiger partial charge in [0, 0.05) is 0 Å². The number of benzene rings is 2. The van der Waals surface area contributed by atoms with Gasteiger partial charge in [0.25, 0.3) is 0 Å². The van der Waals surface area contributed by atoms with Crippen molar-refractivity contribution in [1.82, 2.24) is 4.72 Å². The van der Waals surface area contributed by atoms with Crippen molar-refractivity contribution in [2.45, 2.75) is 31.2 Å². The zero-order valence-electron chi connectivity index (χ0n) is 12.2. The quantitative estimate of drug-likeness (QED) is 0.686. The van der Waals surface area contributed by atoms with Crippen LogP contribution in [0.25, 0.3) is 0 Å². The van der Waals surface area contributed by atoms with Gasteiger partial charge in [0.1, 0.15) is 5.50 Å². The van der Waals surface area contributed by atoms with Crippen molar-refractivity contribution in [3.05, 3.63) is 64.7 Å². The smallest absolute Gasteiger partial charge is 0.207 e. The molecule has 0 amide bonds. The second kappa shape index (κ2) is 6.18. The van der Waals surface area contributed by atoms with Crippen LogP contribution in [0.15, 0.2) is 47.4 Å². The number of aryl methyl sites for hydroxylation is 3. The Kier molecular flexibility index (Phi) is 4.71. The lowest BCUT2D eigenvalue weighted by Crippen LogP contribution is -2.27. The normalized spacial score (nSPS) is 13.1. The van der Waals surface area contributed by atoms with Gasteiger partial charge in [-0.05, 0) is 37.5 Å². The molecule has 2 rings (SSSR count). The van der Waals surface area contributed by atoms with Gasteiger partial charge >= 0.3 is 0 Å². The highest BCUT2D eigenvalue weighted by molar-refractivity contribution is 7.89. The average molecular weight is 324 g/mol. The number of sulfonamides is 1. The summed E-state index contributed by atoms with van der Waals surface area (Å²) in [5.41, 5.74) is 2.39. The SMILES string of the molecule is Cc1cc(C)c(S(=O)(=O)NC(Cl)c2ccccc2)c(C)c1. The molecule has 0 saturated heterocycles. The third-order valence-corrected chi connectivity index (χ3v) is 5.44. The zero-order chi connectivity index (χ0) is 15.6. The molecule has 1 atom stereocenters. The van der Waals surface area contributed by atoms with E-state index < -0.39 is 15.5 Å². The van der Waals surface area contributed by atoms with Gasteiger partial charge in [-0.15, -0.1) is 0 Å². The molecule has 0 saturated carbocycles. The maximum absolute atomic E-state index is 12.6. The summed E-state index contributed by atoms with van der Waals surface area (Å²) in [6.45, 7) is 5.53. The zero-order valence-corrected chi connectivity index (χ0v) is 13.8. The van der Waals surface area contributed by atoms with Crippen LogP contribution in [-0.4, -0.2) is 8.42 Å². The molecule has 0 aliphatic heterocycles. The molecule has 0 aliphatic carbocycles. The van der Waals surface area contributed by atoms with Crippen LogP contribution < -0.4 is 4.72 Å². The molecular weight excluding hydrogens is 306 g/mol. The standard InChI is InChI=1S/C16H18ClNO2S/c1-11-9-12(2)15(13(3)10-11)21(19,20)18-16(17)14-7-5-4-6-8-14/h4-10,16,18H,1-3H3. The Morgan fingerprint density at radius 1 is 1.00 bits per heavy atom. The minimum absolute atomic E-state index is 0.301. The molecule has 21 heavy (non-hydrogen) atoms. The van der Waals surface area contributed by atoms with Gasteiger partial charge in [-0.3, -0.25) is 0 Å². The highest BCUT2D eigenvalue weighted by atomic mass is 35.5. The largest absolute Gasteiger partial charge is 0.242 e. The van der Waals surface area contributed by atoms with E-state index in [1.807, 2.05) is 37.3 Å². The van der Waals surface area contributed by atoms with Crippen LogP contribution >= 0.6 is 11.6 Å². The van der Waals surface area contributed by atoms with Gasteiger partial charge in [0.2, 0.25) is 10.0 Å². The number of halogens is 1. The summed E-state index contributed by atoms with van der Waals surface area (Å²) in [6, 6.07) is 12.8. The van der Waals surface area contributed by atoms with E-state index in [2.05, 4.69) is 4.72 Å². The maximum atomic E-state index is 12.6. The van der Waals surface area contributed by atoms with E-state index in [0.717, 1.165) is 16.7 Å². The number of nitrogens with one attached hydrogen (secondary N) is 1. The van der Waals surface area contributed by atoms with Crippen molar-refractivity contribution in [3.8, 4) is 0 Å². The molecule has 0 spiro atoms. The fourth-order valence-corrected chi connectivity index (χ4v) is 4.47. The molecule has 1 N–H and O–H groups in total. The van der Waals surface area contributed by atoms with Crippen LogP contribution in [0.1, 0.15) is 27.8 Å². The van der Waals surface area contributed by atoms with E-state index in [-0.39, 0.29) is 0 Å². The van der Waals surface area contributed by atoms with Crippen molar-refractivity contribution < 1.29 is 8.42 Å². The molecule has 2 aromatic carbocycles. The molecule has 0 heterocycles. The summed E-state index contributed by atoms with van der Waals surface area (Å²) in [4.78, 5) is 0.301. The topological polar surface area (TPSA) is 46.2 Å². The predicted molar refractivity (Wildman–Crippen MR) is 86.0 cm³/mol. The molecule has 112 valence electrons.